The molecule has 2 aromatic heterocycles. The van der Waals surface area contributed by atoms with Crippen LogP contribution < -0.4 is 4.80 Å². The van der Waals surface area contributed by atoms with Crippen molar-refractivity contribution in [1.29, 1.82) is 0 Å². The number of benzene rings is 1. The van der Waals surface area contributed by atoms with E-state index in [-0.39, 0.29) is 10.7 Å². The molecule has 3 rings (SSSR count). The Morgan fingerprint density at radius 3 is 2.96 bits per heavy atom. The predicted octanol–water partition coefficient (Wildman–Crippen LogP) is 4.34. The Hall–Kier alpha value is -2.97. The lowest BCUT2D eigenvalue weighted by atomic mass is 10.2. The molecule has 0 aliphatic carbocycles. The molecule has 0 fully saturated rings. The standard InChI is InChI=1S/C17H13ClN4O3S/c1-2-7-19-17-21(15(11-26-17)16-4-3-8-25-16)20-10-12-5-6-13(18)14(9-12)22(23)24/h2-6,8-11H,1,7H2. The topological polar surface area (TPSA) is 85.9 Å². The van der Waals surface area contributed by atoms with E-state index >= 15 is 0 Å². The molecule has 0 aliphatic heterocycles. The average molecular weight is 389 g/mol. The van der Waals surface area contributed by atoms with Crippen LogP contribution in [0.4, 0.5) is 5.69 Å². The normalized spacial score (nSPS) is 12.0. The van der Waals surface area contributed by atoms with E-state index in [4.69, 9.17) is 16.0 Å². The molecule has 0 aliphatic rings. The second-order valence-electron chi connectivity index (χ2n) is 5.03. The molecule has 132 valence electrons. The Kier molecular flexibility index (Phi) is 5.45. The summed E-state index contributed by atoms with van der Waals surface area (Å²) in [5.41, 5.74) is 1.09. The zero-order valence-corrected chi connectivity index (χ0v) is 15.0. The summed E-state index contributed by atoms with van der Waals surface area (Å²) in [5, 5.41) is 17.4. The van der Waals surface area contributed by atoms with Crippen molar-refractivity contribution < 1.29 is 9.34 Å². The van der Waals surface area contributed by atoms with Crippen LogP contribution in [-0.4, -0.2) is 22.4 Å². The first-order chi connectivity index (χ1) is 12.6. The van der Waals surface area contributed by atoms with Gasteiger partial charge in [-0.15, -0.1) is 17.9 Å². The van der Waals surface area contributed by atoms with Gasteiger partial charge in [0.15, 0.2) is 5.76 Å². The van der Waals surface area contributed by atoms with Crippen LogP contribution in [0.5, 0.6) is 0 Å². The molecule has 0 amide bonds. The number of aromatic nitrogens is 1. The lowest BCUT2D eigenvalue weighted by Crippen LogP contribution is -2.12. The molecule has 1 aromatic carbocycles. The fourth-order valence-electron chi connectivity index (χ4n) is 2.13. The van der Waals surface area contributed by atoms with Crippen LogP contribution >= 0.6 is 22.9 Å². The van der Waals surface area contributed by atoms with Crippen molar-refractivity contribution in [2.75, 3.05) is 6.54 Å². The van der Waals surface area contributed by atoms with Gasteiger partial charge in [-0.05, 0) is 18.2 Å². The monoisotopic (exact) mass is 388 g/mol. The Balaban J connectivity index is 2.05. The van der Waals surface area contributed by atoms with E-state index in [0.29, 0.717) is 22.7 Å². The molecular formula is C17H13ClN4O3S. The summed E-state index contributed by atoms with van der Waals surface area (Å²) in [5.74, 6) is 0.639. The molecule has 0 atom stereocenters. The Morgan fingerprint density at radius 1 is 1.42 bits per heavy atom. The highest BCUT2D eigenvalue weighted by Crippen LogP contribution is 2.25. The molecule has 26 heavy (non-hydrogen) atoms. The van der Waals surface area contributed by atoms with Gasteiger partial charge in [0.1, 0.15) is 10.7 Å². The van der Waals surface area contributed by atoms with Crippen molar-refractivity contribution in [2.45, 2.75) is 0 Å². The molecule has 0 bridgehead atoms. The average Bonchev–Trinajstić information content (AvgIpc) is 3.28. The SMILES string of the molecule is C=CCN=c1scc(-c2ccco2)n1N=Cc1ccc(Cl)c([N+](=O)[O-])c1. The van der Waals surface area contributed by atoms with E-state index in [0.717, 1.165) is 5.69 Å². The first-order valence-electron chi connectivity index (χ1n) is 7.44. The highest BCUT2D eigenvalue weighted by Gasteiger charge is 2.13. The van der Waals surface area contributed by atoms with Gasteiger partial charge in [-0.25, -0.2) is 4.68 Å². The summed E-state index contributed by atoms with van der Waals surface area (Å²) < 4.78 is 7.06. The molecule has 0 radical (unpaired) electrons. The van der Waals surface area contributed by atoms with Gasteiger partial charge in [0.05, 0.1) is 23.9 Å². The van der Waals surface area contributed by atoms with Crippen molar-refractivity contribution in [2.24, 2.45) is 10.1 Å². The summed E-state index contributed by atoms with van der Waals surface area (Å²) >= 11 is 7.25. The Bertz CT molecular complexity index is 1030. The van der Waals surface area contributed by atoms with Gasteiger partial charge in [-0.3, -0.25) is 15.1 Å². The second-order valence-corrected chi connectivity index (χ2v) is 6.28. The molecular weight excluding hydrogens is 376 g/mol. The minimum absolute atomic E-state index is 0.0771. The molecule has 9 heteroatoms. The number of furan rings is 1. The highest BCUT2D eigenvalue weighted by molar-refractivity contribution is 7.07. The fraction of sp³-hybridized carbons (Fsp3) is 0.0588. The zero-order chi connectivity index (χ0) is 18.5. The zero-order valence-electron chi connectivity index (χ0n) is 13.4. The smallest absolute Gasteiger partial charge is 0.288 e. The molecule has 2 heterocycles. The van der Waals surface area contributed by atoms with Gasteiger partial charge in [0.2, 0.25) is 4.80 Å². The second kappa shape index (κ2) is 7.94. The van der Waals surface area contributed by atoms with Crippen molar-refractivity contribution >= 4 is 34.8 Å². The van der Waals surface area contributed by atoms with Crippen LogP contribution in [0.2, 0.25) is 5.02 Å². The number of halogens is 1. The quantitative estimate of drug-likeness (QED) is 0.272. The lowest BCUT2D eigenvalue weighted by Gasteiger charge is -2.01. The van der Waals surface area contributed by atoms with Gasteiger partial charge >= 0.3 is 0 Å². The van der Waals surface area contributed by atoms with E-state index in [2.05, 4.69) is 16.7 Å². The first kappa shape index (κ1) is 17.8. The third kappa shape index (κ3) is 3.81. The maximum atomic E-state index is 11.0. The number of rotatable bonds is 6. The van der Waals surface area contributed by atoms with Crippen LogP contribution in [0.15, 0.2) is 69.1 Å². The van der Waals surface area contributed by atoms with Crippen LogP contribution in [0.1, 0.15) is 5.56 Å². The van der Waals surface area contributed by atoms with Gasteiger partial charge in [0.25, 0.3) is 5.69 Å². The van der Waals surface area contributed by atoms with Crippen LogP contribution in [0.25, 0.3) is 11.5 Å². The number of hydrogen-bond donors (Lipinski definition) is 0. The summed E-state index contributed by atoms with van der Waals surface area (Å²) in [6.07, 6.45) is 4.77. The third-order valence-electron chi connectivity index (χ3n) is 3.30. The molecule has 0 spiro atoms. The minimum Gasteiger partial charge on any atom is -0.463 e. The number of nitro groups is 1. The number of nitro benzene ring substituents is 1. The van der Waals surface area contributed by atoms with E-state index < -0.39 is 4.92 Å². The Morgan fingerprint density at radius 2 is 2.27 bits per heavy atom. The first-order valence-corrected chi connectivity index (χ1v) is 8.70. The van der Waals surface area contributed by atoms with E-state index in [9.17, 15) is 10.1 Å². The molecule has 0 unspecified atom stereocenters. The van der Waals surface area contributed by atoms with Crippen molar-refractivity contribution in [3.8, 4) is 11.5 Å². The summed E-state index contributed by atoms with van der Waals surface area (Å²) in [6, 6.07) is 8.09. The maximum absolute atomic E-state index is 11.0. The van der Waals surface area contributed by atoms with Crippen molar-refractivity contribution in [3.05, 3.63) is 80.1 Å². The predicted molar refractivity (Wildman–Crippen MR) is 102 cm³/mol. The van der Waals surface area contributed by atoms with Gasteiger partial charge < -0.3 is 4.42 Å². The molecule has 0 saturated carbocycles. The van der Waals surface area contributed by atoms with Crippen molar-refractivity contribution in [1.82, 2.24) is 4.68 Å². The van der Waals surface area contributed by atoms with E-state index in [1.54, 1.807) is 29.1 Å². The third-order valence-corrected chi connectivity index (χ3v) is 4.48. The van der Waals surface area contributed by atoms with Crippen LogP contribution in [0, 0.1) is 10.1 Å². The van der Waals surface area contributed by atoms with E-state index in [1.165, 1.54) is 29.7 Å². The molecule has 7 nitrogen and oxygen atoms in total. The molecule has 0 saturated heterocycles. The fourth-order valence-corrected chi connectivity index (χ4v) is 3.14. The van der Waals surface area contributed by atoms with Crippen LogP contribution in [-0.2, 0) is 0 Å². The summed E-state index contributed by atoms with van der Waals surface area (Å²) in [6.45, 7) is 4.10. The van der Waals surface area contributed by atoms with Crippen molar-refractivity contribution in [3.63, 3.8) is 0 Å². The summed E-state index contributed by atoms with van der Waals surface area (Å²) in [7, 11) is 0. The largest absolute Gasteiger partial charge is 0.463 e. The minimum atomic E-state index is -0.531. The van der Waals surface area contributed by atoms with E-state index in [1.807, 2.05) is 11.4 Å². The maximum Gasteiger partial charge on any atom is 0.288 e. The van der Waals surface area contributed by atoms with Crippen LogP contribution in [0.3, 0.4) is 0 Å². The van der Waals surface area contributed by atoms with Gasteiger partial charge in [0, 0.05) is 17.0 Å². The molecule has 0 N–H and O–H groups in total. The van der Waals surface area contributed by atoms with Gasteiger partial charge in [-0.2, -0.15) is 5.10 Å². The summed E-state index contributed by atoms with van der Waals surface area (Å²) in [4.78, 5) is 15.5. The lowest BCUT2D eigenvalue weighted by molar-refractivity contribution is -0.384. The number of thiazole rings is 1. The van der Waals surface area contributed by atoms with Gasteiger partial charge in [-0.1, -0.05) is 23.7 Å². The molecule has 3 aromatic rings. The Labute approximate surface area is 157 Å². The highest BCUT2D eigenvalue weighted by atomic mass is 35.5. The number of nitrogens with zero attached hydrogens (tertiary/aromatic N) is 4. The number of hydrogen-bond acceptors (Lipinski definition) is 6.